The molecule has 0 unspecified atom stereocenters. The maximum atomic E-state index is 12.4. The number of nitrogens with one attached hydrogen (secondary N) is 2. The normalized spacial score (nSPS) is 18.5. The van der Waals surface area contributed by atoms with Crippen molar-refractivity contribution in [2.75, 3.05) is 32.7 Å². The molecular weight excluding hydrogens is 316 g/mol. The molecule has 0 aromatic heterocycles. The zero-order chi connectivity index (χ0) is 18.1. The fraction of sp³-hybridized carbons (Fsp3) is 0.579. The van der Waals surface area contributed by atoms with Crippen LogP contribution in [0.25, 0.3) is 0 Å². The highest BCUT2D eigenvalue weighted by molar-refractivity contribution is 5.74. The molecule has 1 aromatic rings. The van der Waals surface area contributed by atoms with Crippen LogP contribution in [0.1, 0.15) is 32.3 Å². The largest absolute Gasteiger partial charge is 0.356 e. The summed E-state index contributed by atoms with van der Waals surface area (Å²) in [5, 5.41) is 5.70. The SMILES string of the molecule is CC(=O)NCCCNC(=O)N1CCCN(Cc2ccccc2)C[C@@H]1C. The topological polar surface area (TPSA) is 64.7 Å². The van der Waals surface area contributed by atoms with E-state index in [1.807, 2.05) is 11.0 Å². The Morgan fingerprint density at radius 3 is 2.56 bits per heavy atom. The highest BCUT2D eigenvalue weighted by Gasteiger charge is 2.25. The number of rotatable bonds is 6. The van der Waals surface area contributed by atoms with E-state index in [1.165, 1.54) is 12.5 Å². The van der Waals surface area contributed by atoms with Gasteiger partial charge >= 0.3 is 6.03 Å². The van der Waals surface area contributed by atoms with E-state index < -0.39 is 0 Å². The van der Waals surface area contributed by atoms with Gasteiger partial charge in [-0.05, 0) is 25.3 Å². The van der Waals surface area contributed by atoms with Gasteiger partial charge in [0.1, 0.15) is 0 Å². The number of carbonyl (C=O) groups is 2. The van der Waals surface area contributed by atoms with Crippen molar-refractivity contribution in [1.82, 2.24) is 20.4 Å². The first-order valence-electron chi connectivity index (χ1n) is 9.11. The maximum Gasteiger partial charge on any atom is 0.317 e. The van der Waals surface area contributed by atoms with Gasteiger partial charge in [0.25, 0.3) is 0 Å². The monoisotopic (exact) mass is 346 g/mol. The first-order chi connectivity index (χ1) is 12.1. The Kier molecular flexibility index (Phi) is 7.73. The second-order valence-corrected chi connectivity index (χ2v) is 6.69. The third-order valence-corrected chi connectivity index (χ3v) is 4.44. The minimum atomic E-state index is -0.0361. The van der Waals surface area contributed by atoms with Crippen LogP contribution < -0.4 is 10.6 Å². The summed E-state index contributed by atoms with van der Waals surface area (Å²) in [6.45, 7) is 8.38. The van der Waals surface area contributed by atoms with Gasteiger partial charge in [-0.2, -0.15) is 0 Å². The number of amides is 3. The van der Waals surface area contributed by atoms with Gasteiger partial charge in [-0.25, -0.2) is 4.79 Å². The predicted octanol–water partition coefficient (Wildman–Crippen LogP) is 1.82. The van der Waals surface area contributed by atoms with Crippen molar-refractivity contribution in [3.8, 4) is 0 Å². The standard InChI is InChI=1S/C19H30N4O2/c1-16-14-22(15-18-8-4-3-5-9-18)12-7-13-23(16)19(25)21-11-6-10-20-17(2)24/h3-5,8-9,16H,6-7,10-15H2,1-2H3,(H,20,24)(H,21,25)/t16-/m0/s1. The van der Waals surface area contributed by atoms with Crippen LogP contribution in [0.5, 0.6) is 0 Å². The van der Waals surface area contributed by atoms with Crippen molar-refractivity contribution in [1.29, 1.82) is 0 Å². The molecule has 1 atom stereocenters. The molecular formula is C19H30N4O2. The molecule has 1 aromatic carbocycles. The van der Waals surface area contributed by atoms with Crippen LogP contribution in [0.2, 0.25) is 0 Å². The van der Waals surface area contributed by atoms with Crippen molar-refractivity contribution in [2.45, 2.75) is 39.3 Å². The number of urea groups is 1. The van der Waals surface area contributed by atoms with Crippen LogP contribution in [0.4, 0.5) is 4.79 Å². The van der Waals surface area contributed by atoms with E-state index in [2.05, 4.69) is 46.7 Å². The Bertz CT molecular complexity index is 550. The van der Waals surface area contributed by atoms with E-state index in [4.69, 9.17) is 0 Å². The second kappa shape index (κ2) is 10.0. The predicted molar refractivity (Wildman–Crippen MR) is 99.2 cm³/mol. The Morgan fingerprint density at radius 2 is 1.84 bits per heavy atom. The minimum Gasteiger partial charge on any atom is -0.356 e. The summed E-state index contributed by atoms with van der Waals surface area (Å²) in [6, 6.07) is 10.6. The van der Waals surface area contributed by atoms with Crippen molar-refractivity contribution >= 4 is 11.9 Å². The van der Waals surface area contributed by atoms with Crippen molar-refractivity contribution in [2.24, 2.45) is 0 Å². The lowest BCUT2D eigenvalue weighted by atomic mass is 10.2. The molecule has 1 aliphatic heterocycles. The lowest BCUT2D eigenvalue weighted by Crippen LogP contribution is -2.47. The smallest absolute Gasteiger partial charge is 0.317 e. The maximum absolute atomic E-state index is 12.4. The quantitative estimate of drug-likeness (QED) is 0.772. The highest BCUT2D eigenvalue weighted by Crippen LogP contribution is 2.13. The fourth-order valence-electron chi connectivity index (χ4n) is 3.19. The first-order valence-corrected chi connectivity index (χ1v) is 9.11. The molecule has 1 heterocycles. The molecule has 0 aliphatic carbocycles. The van der Waals surface area contributed by atoms with Crippen LogP contribution in [0.15, 0.2) is 30.3 Å². The first kappa shape index (κ1) is 19.2. The van der Waals surface area contributed by atoms with E-state index in [9.17, 15) is 9.59 Å². The number of hydrogen-bond donors (Lipinski definition) is 2. The number of benzene rings is 1. The van der Waals surface area contributed by atoms with E-state index in [-0.39, 0.29) is 18.0 Å². The average molecular weight is 346 g/mol. The van der Waals surface area contributed by atoms with E-state index in [0.717, 1.165) is 39.0 Å². The summed E-state index contributed by atoms with van der Waals surface area (Å²) in [4.78, 5) is 27.6. The Morgan fingerprint density at radius 1 is 1.12 bits per heavy atom. The second-order valence-electron chi connectivity index (χ2n) is 6.69. The molecule has 0 saturated carbocycles. The van der Waals surface area contributed by atoms with Gasteiger partial charge in [-0.3, -0.25) is 9.69 Å². The van der Waals surface area contributed by atoms with Crippen LogP contribution in [0, 0.1) is 0 Å². The third kappa shape index (κ3) is 6.74. The molecule has 3 amide bonds. The Balaban J connectivity index is 1.77. The lowest BCUT2D eigenvalue weighted by molar-refractivity contribution is -0.118. The summed E-state index contributed by atoms with van der Waals surface area (Å²) in [7, 11) is 0. The van der Waals surface area contributed by atoms with Gasteiger partial charge in [0.05, 0.1) is 0 Å². The fourth-order valence-corrected chi connectivity index (χ4v) is 3.19. The Labute approximate surface area is 150 Å². The molecule has 1 fully saturated rings. The van der Waals surface area contributed by atoms with Crippen LogP contribution in [0.3, 0.4) is 0 Å². The van der Waals surface area contributed by atoms with Crippen LogP contribution in [-0.2, 0) is 11.3 Å². The van der Waals surface area contributed by atoms with Gasteiger partial charge in [-0.15, -0.1) is 0 Å². The molecule has 138 valence electrons. The summed E-state index contributed by atoms with van der Waals surface area (Å²) in [5.41, 5.74) is 1.31. The number of nitrogens with zero attached hydrogens (tertiary/aromatic N) is 2. The molecule has 0 bridgehead atoms. The molecule has 25 heavy (non-hydrogen) atoms. The third-order valence-electron chi connectivity index (χ3n) is 4.44. The molecule has 6 heteroatoms. The van der Waals surface area contributed by atoms with Gasteiger partial charge in [-0.1, -0.05) is 30.3 Å². The van der Waals surface area contributed by atoms with Crippen LogP contribution in [-0.4, -0.2) is 60.5 Å². The average Bonchev–Trinajstić information content (AvgIpc) is 2.76. The molecule has 2 N–H and O–H groups in total. The number of hydrogen-bond acceptors (Lipinski definition) is 3. The molecule has 0 radical (unpaired) electrons. The van der Waals surface area contributed by atoms with E-state index in [0.29, 0.717) is 13.1 Å². The number of carbonyl (C=O) groups excluding carboxylic acids is 2. The molecule has 0 spiro atoms. The van der Waals surface area contributed by atoms with Crippen molar-refractivity contribution in [3.05, 3.63) is 35.9 Å². The van der Waals surface area contributed by atoms with Crippen molar-refractivity contribution in [3.63, 3.8) is 0 Å². The van der Waals surface area contributed by atoms with Gasteiger partial charge in [0.2, 0.25) is 5.91 Å². The van der Waals surface area contributed by atoms with E-state index >= 15 is 0 Å². The highest BCUT2D eigenvalue weighted by atomic mass is 16.2. The zero-order valence-electron chi connectivity index (χ0n) is 15.3. The van der Waals surface area contributed by atoms with Gasteiger partial charge < -0.3 is 15.5 Å². The summed E-state index contributed by atoms with van der Waals surface area (Å²) < 4.78 is 0. The molecule has 1 aliphatic rings. The van der Waals surface area contributed by atoms with Crippen molar-refractivity contribution < 1.29 is 9.59 Å². The summed E-state index contributed by atoms with van der Waals surface area (Å²) >= 11 is 0. The van der Waals surface area contributed by atoms with E-state index in [1.54, 1.807) is 0 Å². The van der Waals surface area contributed by atoms with Gasteiger partial charge in [0, 0.05) is 52.2 Å². The summed E-state index contributed by atoms with van der Waals surface area (Å²) in [6.07, 6.45) is 1.73. The minimum absolute atomic E-state index is 0.00288. The van der Waals surface area contributed by atoms with Crippen LogP contribution >= 0.6 is 0 Å². The van der Waals surface area contributed by atoms with Gasteiger partial charge in [0.15, 0.2) is 0 Å². The molecule has 2 rings (SSSR count). The zero-order valence-corrected chi connectivity index (χ0v) is 15.3. The molecule has 6 nitrogen and oxygen atoms in total. The molecule has 1 saturated heterocycles. The Hall–Kier alpha value is -2.08. The summed E-state index contributed by atoms with van der Waals surface area (Å²) in [5.74, 6) is -0.0361. The lowest BCUT2D eigenvalue weighted by Gasteiger charge is -2.29.